The number of piperidine rings is 1. The first-order valence-electron chi connectivity index (χ1n) is 7.02. The van der Waals surface area contributed by atoms with Gasteiger partial charge in [-0.1, -0.05) is 13.3 Å². The molecule has 2 atom stereocenters. The van der Waals surface area contributed by atoms with Crippen molar-refractivity contribution in [2.45, 2.75) is 45.1 Å². The van der Waals surface area contributed by atoms with Crippen molar-refractivity contribution in [2.75, 3.05) is 19.7 Å². The monoisotopic (exact) mass is 308 g/mol. The van der Waals surface area contributed by atoms with Gasteiger partial charge in [-0.15, -0.1) is 0 Å². The fourth-order valence-corrected chi connectivity index (χ4v) is 3.89. The van der Waals surface area contributed by atoms with E-state index in [1.807, 2.05) is 6.92 Å². The third-order valence-corrected chi connectivity index (χ3v) is 5.30. The largest absolute Gasteiger partial charge is 0.480 e. The first-order chi connectivity index (χ1) is 9.42. The van der Waals surface area contributed by atoms with Gasteiger partial charge >= 0.3 is 5.97 Å². The number of nitrogens with one attached hydrogen (secondary N) is 1. The highest BCUT2D eigenvalue weighted by atomic mass is 32.2. The first kappa shape index (κ1) is 17.4. The lowest BCUT2D eigenvalue weighted by Gasteiger charge is -2.32. The zero-order valence-electron chi connectivity index (χ0n) is 11.8. The molecule has 8 heteroatoms. The molecule has 0 aromatic heterocycles. The van der Waals surface area contributed by atoms with E-state index in [2.05, 4.69) is 4.72 Å². The second-order valence-electron chi connectivity index (χ2n) is 5.10. The summed E-state index contributed by atoms with van der Waals surface area (Å²) in [4.78, 5) is 11.1. The molecule has 1 fully saturated rings. The van der Waals surface area contributed by atoms with E-state index in [4.69, 9.17) is 10.2 Å². The molecule has 0 amide bonds. The van der Waals surface area contributed by atoms with Crippen LogP contribution in [0.2, 0.25) is 0 Å². The SMILES string of the molecule is CCC(CCO)CNS(=O)(=O)N1CCCCC1C(=O)O. The van der Waals surface area contributed by atoms with E-state index in [9.17, 15) is 13.2 Å². The lowest BCUT2D eigenvalue weighted by atomic mass is 10.0. The number of aliphatic hydroxyl groups excluding tert-OH is 1. The topological polar surface area (TPSA) is 107 Å². The minimum Gasteiger partial charge on any atom is -0.480 e. The van der Waals surface area contributed by atoms with Crippen LogP contribution in [0, 0.1) is 5.92 Å². The third-order valence-electron chi connectivity index (χ3n) is 3.72. The van der Waals surface area contributed by atoms with Gasteiger partial charge in [-0.2, -0.15) is 12.7 Å². The maximum Gasteiger partial charge on any atom is 0.322 e. The number of carboxylic acid groups (broad SMARTS) is 1. The quantitative estimate of drug-likeness (QED) is 0.592. The van der Waals surface area contributed by atoms with E-state index in [0.29, 0.717) is 19.3 Å². The Bertz CT molecular complexity index is 412. The smallest absolute Gasteiger partial charge is 0.322 e. The van der Waals surface area contributed by atoms with E-state index < -0.39 is 22.2 Å². The summed E-state index contributed by atoms with van der Waals surface area (Å²) in [5.41, 5.74) is 0. The number of aliphatic carboxylic acids is 1. The van der Waals surface area contributed by atoms with Crippen LogP contribution in [0.5, 0.6) is 0 Å². The molecule has 0 saturated carbocycles. The Morgan fingerprint density at radius 3 is 2.70 bits per heavy atom. The average molecular weight is 308 g/mol. The lowest BCUT2D eigenvalue weighted by molar-refractivity contribution is -0.142. The zero-order valence-corrected chi connectivity index (χ0v) is 12.6. The Morgan fingerprint density at radius 2 is 2.15 bits per heavy atom. The molecule has 1 heterocycles. The molecule has 0 radical (unpaired) electrons. The van der Waals surface area contributed by atoms with Crippen LogP contribution in [-0.4, -0.2) is 54.6 Å². The van der Waals surface area contributed by atoms with Crippen molar-refractivity contribution in [1.29, 1.82) is 0 Å². The van der Waals surface area contributed by atoms with Crippen LogP contribution in [0.3, 0.4) is 0 Å². The van der Waals surface area contributed by atoms with Crippen molar-refractivity contribution < 1.29 is 23.4 Å². The number of carboxylic acids is 1. The minimum absolute atomic E-state index is 0.0156. The summed E-state index contributed by atoms with van der Waals surface area (Å²) in [6, 6.07) is -0.973. The summed E-state index contributed by atoms with van der Waals surface area (Å²) >= 11 is 0. The van der Waals surface area contributed by atoms with Crippen LogP contribution in [0.15, 0.2) is 0 Å². The van der Waals surface area contributed by atoms with Crippen LogP contribution in [0.1, 0.15) is 39.0 Å². The van der Waals surface area contributed by atoms with Crippen LogP contribution in [0.4, 0.5) is 0 Å². The van der Waals surface area contributed by atoms with Crippen molar-refractivity contribution in [2.24, 2.45) is 5.92 Å². The van der Waals surface area contributed by atoms with Crippen molar-refractivity contribution >= 4 is 16.2 Å². The summed E-state index contributed by atoms with van der Waals surface area (Å²) in [5.74, 6) is -1.04. The highest BCUT2D eigenvalue weighted by Gasteiger charge is 2.36. The zero-order chi connectivity index (χ0) is 15.2. The molecular formula is C12H24N2O5S. The maximum atomic E-state index is 12.2. The second kappa shape index (κ2) is 7.92. The normalized spacial score (nSPS) is 22.6. The van der Waals surface area contributed by atoms with Gasteiger partial charge in [0.2, 0.25) is 0 Å². The van der Waals surface area contributed by atoms with Gasteiger partial charge in [0, 0.05) is 19.7 Å². The minimum atomic E-state index is -3.78. The molecule has 3 N–H and O–H groups in total. The Balaban J connectivity index is 2.68. The molecule has 0 aromatic rings. The number of rotatable bonds is 8. The van der Waals surface area contributed by atoms with Crippen molar-refractivity contribution in [3.63, 3.8) is 0 Å². The number of hydrogen-bond donors (Lipinski definition) is 3. The van der Waals surface area contributed by atoms with Crippen LogP contribution in [-0.2, 0) is 15.0 Å². The maximum absolute atomic E-state index is 12.2. The molecule has 2 unspecified atom stereocenters. The highest BCUT2D eigenvalue weighted by Crippen LogP contribution is 2.20. The van der Waals surface area contributed by atoms with E-state index in [0.717, 1.165) is 17.1 Å². The fraction of sp³-hybridized carbons (Fsp3) is 0.917. The van der Waals surface area contributed by atoms with Gasteiger partial charge < -0.3 is 10.2 Å². The molecule has 1 rings (SSSR count). The lowest BCUT2D eigenvalue weighted by Crippen LogP contribution is -2.52. The van der Waals surface area contributed by atoms with Crippen molar-refractivity contribution in [3.05, 3.63) is 0 Å². The van der Waals surface area contributed by atoms with Crippen molar-refractivity contribution in [1.82, 2.24) is 9.03 Å². The Morgan fingerprint density at radius 1 is 1.45 bits per heavy atom. The summed E-state index contributed by atoms with van der Waals surface area (Å²) in [6.07, 6.45) is 3.04. The molecule has 0 spiro atoms. The van der Waals surface area contributed by atoms with Gasteiger partial charge in [-0.25, -0.2) is 4.72 Å². The third kappa shape index (κ3) is 4.69. The molecule has 0 aromatic carbocycles. The molecular weight excluding hydrogens is 284 g/mol. The molecule has 1 saturated heterocycles. The Hall–Kier alpha value is -0.700. The summed E-state index contributed by atoms with van der Waals surface area (Å²) in [7, 11) is -3.78. The van der Waals surface area contributed by atoms with Crippen LogP contribution >= 0.6 is 0 Å². The number of aliphatic hydroxyl groups is 1. The summed E-state index contributed by atoms with van der Waals surface area (Å²) in [6.45, 7) is 2.41. The first-order valence-corrected chi connectivity index (χ1v) is 8.46. The van der Waals surface area contributed by atoms with E-state index >= 15 is 0 Å². The second-order valence-corrected chi connectivity index (χ2v) is 6.81. The molecule has 20 heavy (non-hydrogen) atoms. The molecule has 1 aliphatic rings. The highest BCUT2D eigenvalue weighted by molar-refractivity contribution is 7.87. The van der Waals surface area contributed by atoms with Crippen LogP contribution < -0.4 is 4.72 Å². The van der Waals surface area contributed by atoms with E-state index in [1.165, 1.54) is 0 Å². The average Bonchev–Trinajstić information content (AvgIpc) is 2.43. The van der Waals surface area contributed by atoms with Gasteiger partial charge in [-0.3, -0.25) is 4.79 Å². The predicted octanol–water partition coefficient (Wildman–Crippen LogP) is 0.169. The molecule has 1 aliphatic heterocycles. The summed E-state index contributed by atoms with van der Waals surface area (Å²) < 4.78 is 27.9. The predicted molar refractivity (Wildman–Crippen MR) is 74.4 cm³/mol. The molecule has 118 valence electrons. The Labute approximate surface area is 120 Å². The summed E-state index contributed by atoms with van der Waals surface area (Å²) in [5, 5.41) is 18.0. The van der Waals surface area contributed by atoms with Gasteiger partial charge in [0.25, 0.3) is 10.2 Å². The number of nitrogens with zero attached hydrogens (tertiary/aromatic N) is 1. The number of carbonyl (C=O) groups is 1. The molecule has 0 bridgehead atoms. The van der Waals surface area contributed by atoms with E-state index in [1.54, 1.807) is 0 Å². The Kier molecular flexibility index (Phi) is 6.87. The molecule has 7 nitrogen and oxygen atoms in total. The van der Waals surface area contributed by atoms with Gasteiger partial charge in [0.1, 0.15) is 6.04 Å². The van der Waals surface area contributed by atoms with Gasteiger partial charge in [0.15, 0.2) is 0 Å². The van der Waals surface area contributed by atoms with Gasteiger partial charge in [0.05, 0.1) is 0 Å². The standard InChI is InChI=1S/C12H24N2O5S/c1-2-10(6-8-15)9-13-20(18,19)14-7-4-3-5-11(14)12(16)17/h10-11,13,15H,2-9H2,1H3,(H,16,17). The van der Waals surface area contributed by atoms with Crippen LogP contribution in [0.25, 0.3) is 0 Å². The van der Waals surface area contributed by atoms with Crippen molar-refractivity contribution in [3.8, 4) is 0 Å². The fourth-order valence-electron chi connectivity index (χ4n) is 2.38. The molecule has 0 aliphatic carbocycles. The van der Waals surface area contributed by atoms with E-state index in [-0.39, 0.29) is 25.6 Å². The van der Waals surface area contributed by atoms with Gasteiger partial charge in [-0.05, 0) is 31.6 Å². The number of hydrogen-bond acceptors (Lipinski definition) is 4.